The van der Waals surface area contributed by atoms with E-state index in [9.17, 15) is 4.79 Å². The largest absolute Gasteiger partial charge is 0.413 e. The zero-order valence-electron chi connectivity index (χ0n) is 22.6. The van der Waals surface area contributed by atoms with Gasteiger partial charge in [0.2, 0.25) is 0 Å². The molecule has 0 aromatic carbocycles. The first-order valence-corrected chi connectivity index (χ1v) is 18.4. The summed E-state index contributed by atoms with van der Waals surface area (Å²) in [4.78, 5) is 16.8. The predicted molar refractivity (Wildman–Crippen MR) is 142 cm³/mol. The Morgan fingerprint density at radius 2 is 1.58 bits per heavy atom. The molecule has 0 aliphatic heterocycles. The average Bonchev–Trinajstić information content (AvgIpc) is 3.17. The quantitative estimate of drug-likeness (QED) is 0.500. The van der Waals surface area contributed by atoms with Gasteiger partial charge in [0.15, 0.2) is 16.6 Å². The molecule has 1 heterocycles. The lowest BCUT2D eigenvalue weighted by molar-refractivity contribution is -0.0175. The molecule has 6 nitrogen and oxygen atoms in total. The number of nitrogens with two attached hydrogens (primary N) is 1. The van der Waals surface area contributed by atoms with E-state index in [0.29, 0.717) is 0 Å². The summed E-state index contributed by atoms with van der Waals surface area (Å²) in [5.74, 6) is 0.276. The first kappa shape index (κ1) is 26.6. The molecule has 2 aliphatic carbocycles. The smallest absolute Gasteiger partial charge is 0.349 e. The highest BCUT2D eigenvalue weighted by atomic mass is 28.4. The fourth-order valence-electron chi connectivity index (χ4n) is 5.12. The number of rotatable bonds is 5. The van der Waals surface area contributed by atoms with E-state index in [0.717, 1.165) is 32.1 Å². The van der Waals surface area contributed by atoms with Gasteiger partial charge in [-0.2, -0.15) is 4.98 Å². The molecule has 2 fully saturated rings. The minimum Gasteiger partial charge on any atom is -0.413 e. The molecule has 8 heteroatoms. The van der Waals surface area contributed by atoms with E-state index in [1.807, 2.05) is 6.20 Å². The molecular formula is C25H47N3O3Si2. The third kappa shape index (κ3) is 5.04. The molecule has 0 bridgehead atoms. The summed E-state index contributed by atoms with van der Waals surface area (Å²) < 4.78 is 16.1. The van der Waals surface area contributed by atoms with Crippen molar-refractivity contribution in [2.24, 2.45) is 5.41 Å². The Balaban J connectivity index is 2.01. The van der Waals surface area contributed by atoms with Crippen LogP contribution in [0.1, 0.15) is 79.7 Å². The summed E-state index contributed by atoms with van der Waals surface area (Å²) in [7, 11) is -3.96. The van der Waals surface area contributed by atoms with E-state index in [2.05, 4.69) is 72.7 Å². The maximum atomic E-state index is 12.7. The van der Waals surface area contributed by atoms with Crippen molar-refractivity contribution in [3.05, 3.63) is 22.7 Å². The monoisotopic (exact) mass is 493 g/mol. The Bertz CT molecular complexity index is 917. The van der Waals surface area contributed by atoms with Gasteiger partial charge in [0, 0.05) is 17.7 Å². The maximum absolute atomic E-state index is 12.7. The molecule has 0 saturated heterocycles. The van der Waals surface area contributed by atoms with Crippen LogP contribution in [-0.4, -0.2) is 38.4 Å². The third-order valence-electron chi connectivity index (χ3n) is 9.22. The first-order valence-electron chi connectivity index (χ1n) is 12.6. The lowest BCUT2D eigenvalue weighted by Gasteiger charge is -2.47. The molecule has 1 aromatic rings. The van der Waals surface area contributed by atoms with Gasteiger partial charge >= 0.3 is 5.69 Å². The van der Waals surface area contributed by atoms with Crippen LogP contribution in [-0.2, 0) is 8.85 Å². The van der Waals surface area contributed by atoms with E-state index in [-0.39, 0.29) is 45.2 Å². The molecule has 3 rings (SSSR count). The average molecular weight is 494 g/mol. The summed E-state index contributed by atoms with van der Waals surface area (Å²) >= 11 is 0. The van der Waals surface area contributed by atoms with Crippen LogP contribution >= 0.6 is 0 Å². The molecule has 188 valence electrons. The summed E-state index contributed by atoms with van der Waals surface area (Å²) in [6.45, 7) is 23.2. The van der Waals surface area contributed by atoms with Crippen LogP contribution in [0.25, 0.3) is 0 Å². The van der Waals surface area contributed by atoms with Gasteiger partial charge in [0.05, 0.1) is 12.2 Å². The van der Waals surface area contributed by atoms with Crippen LogP contribution in [0.4, 0.5) is 5.82 Å². The minimum absolute atomic E-state index is 0.0590. The number of hydrogen-bond donors (Lipinski definition) is 1. The Morgan fingerprint density at radius 3 is 2.09 bits per heavy atom. The maximum Gasteiger partial charge on any atom is 0.349 e. The molecule has 0 radical (unpaired) electrons. The number of aromatic nitrogens is 2. The van der Waals surface area contributed by atoms with Gasteiger partial charge in [-0.1, -0.05) is 48.0 Å². The van der Waals surface area contributed by atoms with E-state index >= 15 is 0 Å². The highest BCUT2D eigenvalue weighted by molar-refractivity contribution is 6.74. The van der Waals surface area contributed by atoms with E-state index < -0.39 is 16.6 Å². The zero-order valence-corrected chi connectivity index (χ0v) is 24.6. The van der Waals surface area contributed by atoms with Crippen LogP contribution in [0.5, 0.6) is 0 Å². The normalized spacial score (nSPS) is 29.2. The van der Waals surface area contributed by atoms with Crippen LogP contribution in [0.3, 0.4) is 0 Å². The predicted octanol–water partition coefficient (Wildman–Crippen LogP) is 6.11. The number of anilines is 1. The van der Waals surface area contributed by atoms with Gasteiger partial charge in [-0.05, 0) is 68.0 Å². The second kappa shape index (κ2) is 8.61. The van der Waals surface area contributed by atoms with Gasteiger partial charge in [-0.25, -0.2) is 4.79 Å². The molecular weight excluding hydrogens is 446 g/mol. The standard InChI is InChI=1S/C25H47N3O3Si2/c1-23(2,3)32(7,8)30-19-12-11-14-25(19)17-18(28-15-13-21(26)27-22(28)29)16-20(25)31-33(9,10)24(4,5)6/h13,15,18-20H,11-12,14,16-17H2,1-10H3,(H2,26,27,29)/t18-,19+,20-,25-/m0/s1. The van der Waals surface area contributed by atoms with Crippen LogP contribution < -0.4 is 11.4 Å². The van der Waals surface area contributed by atoms with Crippen molar-refractivity contribution in [3.8, 4) is 0 Å². The van der Waals surface area contributed by atoms with Crippen molar-refractivity contribution in [1.82, 2.24) is 9.55 Å². The van der Waals surface area contributed by atoms with Crippen LogP contribution in [0, 0.1) is 5.41 Å². The van der Waals surface area contributed by atoms with Crippen molar-refractivity contribution in [1.29, 1.82) is 0 Å². The molecule has 2 N–H and O–H groups in total. The van der Waals surface area contributed by atoms with E-state index in [1.54, 1.807) is 10.6 Å². The summed E-state index contributed by atoms with van der Waals surface area (Å²) in [5.41, 5.74) is 5.45. The van der Waals surface area contributed by atoms with Crippen molar-refractivity contribution >= 4 is 22.5 Å². The highest BCUT2D eigenvalue weighted by Gasteiger charge is 2.59. The van der Waals surface area contributed by atoms with E-state index in [1.165, 1.54) is 0 Å². The van der Waals surface area contributed by atoms with Crippen molar-refractivity contribution in [2.75, 3.05) is 5.73 Å². The lowest BCUT2D eigenvalue weighted by atomic mass is 9.80. The number of hydrogen-bond acceptors (Lipinski definition) is 5. The van der Waals surface area contributed by atoms with Crippen LogP contribution in [0.2, 0.25) is 36.3 Å². The molecule has 2 saturated carbocycles. The van der Waals surface area contributed by atoms with Gasteiger partial charge in [0.1, 0.15) is 5.82 Å². The second-order valence-electron chi connectivity index (χ2n) is 13.5. The Kier molecular flexibility index (Phi) is 6.95. The number of nitrogen functional groups attached to an aromatic ring is 1. The molecule has 1 aromatic heterocycles. The number of nitrogens with zero attached hydrogens (tertiary/aromatic N) is 2. The van der Waals surface area contributed by atoms with Gasteiger partial charge in [-0.15, -0.1) is 0 Å². The summed E-state index contributed by atoms with van der Waals surface area (Å²) in [6, 6.07) is 1.79. The molecule has 33 heavy (non-hydrogen) atoms. The molecule has 0 unspecified atom stereocenters. The Labute approximate surface area is 202 Å². The SMILES string of the molecule is CC(C)(C)[Si](C)(C)O[C@H]1C[C@H](n2ccc(N)nc2=O)C[C@]12CCC[C@H]2O[Si](C)(C)C(C)(C)C. The molecule has 4 atom stereocenters. The highest BCUT2D eigenvalue weighted by Crippen LogP contribution is 2.59. The van der Waals surface area contributed by atoms with Crippen molar-refractivity contribution in [3.63, 3.8) is 0 Å². The summed E-state index contributed by atoms with van der Waals surface area (Å²) in [5, 5.41) is 0.280. The van der Waals surface area contributed by atoms with Gasteiger partial charge in [-0.3, -0.25) is 4.57 Å². The second-order valence-corrected chi connectivity index (χ2v) is 23.0. The van der Waals surface area contributed by atoms with Gasteiger partial charge in [0.25, 0.3) is 0 Å². The topological polar surface area (TPSA) is 79.4 Å². The minimum atomic E-state index is -2.01. The lowest BCUT2D eigenvalue weighted by Crippen LogP contribution is -2.53. The van der Waals surface area contributed by atoms with Crippen molar-refractivity contribution < 1.29 is 8.85 Å². The fraction of sp³-hybridized carbons (Fsp3) is 0.840. The Hall–Kier alpha value is -0.966. The van der Waals surface area contributed by atoms with E-state index in [4.69, 9.17) is 14.6 Å². The first-order chi connectivity index (χ1) is 14.9. The van der Waals surface area contributed by atoms with Crippen LogP contribution in [0.15, 0.2) is 17.1 Å². The van der Waals surface area contributed by atoms with Gasteiger partial charge < -0.3 is 14.6 Å². The molecule has 0 amide bonds. The zero-order chi connectivity index (χ0) is 25.0. The fourth-order valence-corrected chi connectivity index (χ4v) is 7.94. The third-order valence-corrected chi connectivity index (χ3v) is 18.2. The Morgan fingerprint density at radius 1 is 1.03 bits per heavy atom. The van der Waals surface area contributed by atoms with Crippen molar-refractivity contribution in [2.45, 2.75) is 128 Å². The molecule has 1 spiro atoms. The molecule has 2 aliphatic rings. The summed E-state index contributed by atoms with van der Waals surface area (Å²) in [6.07, 6.45) is 7.13.